The second-order valence-corrected chi connectivity index (χ2v) is 3.55. The van der Waals surface area contributed by atoms with Crippen molar-refractivity contribution in [3.8, 4) is 17.0 Å². The molecule has 4 heteroatoms. The Hall–Kier alpha value is -1.94. The molecular weight excluding hydrogens is 202 g/mol. The zero-order chi connectivity index (χ0) is 11.5. The number of hydrogen-bond acceptors (Lipinski definition) is 4. The Morgan fingerprint density at radius 3 is 2.88 bits per heavy atom. The molecule has 1 aromatic heterocycles. The summed E-state index contributed by atoms with van der Waals surface area (Å²) in [6.07, 6.45) is 1.72. The third-order valence-electron chi connectivity index (χ3n) is 2.32. The molecule has 0 radical (unpaired) electrons. The minimum Gasteiger partial charge on any atom is -0.508 e. The van der Waals surface area contributed by atoms with E-state index in [2.05, 4.69) is 9.97 Å². The molecule has 0 aliphatic heterocycles. The summed E-state index contributed by atoms with van der Waals surface area (Å²) in [5, 5.41) is 9.43. The summed E-state index contributed by atoms with van der Waals surface area (Å²) in [6, 6.07) is 6.96. The Morgan fingerprint density at radius 1 is 1.38 bits per heavy atom. The van der Waals surface area contributed by atoms with Crippen LogP contribution in [0.4, 0.5) is 0 Å². The lowest BCUT2D eigenvalue weighted by molar-refractivity contribution is 0.475. The van der Waals surface area contributed by atoms with Gasteiger partial charge in [0.15, 0.2) is 0 Å². The van der Waals surface area contributed by atoms with Crippen LogP contribution >= 0.6 is 0 Å². The van der Waals surface area contributed by atoms with Crippen LogP contribution < -0.4 is 5.73 Å². The molecule has 0 amide bonds. The van der Waals surface area contributed by atoms with Gasteiger partial charge in [-0.15, -0.1) is 0 Å². The molecule has 82 valence electrons. The van der Waals surface area contributed by atoms with Gasteiger partial charge in [-0.05, 0) is 19.1 Å². The SMILES string of the molecule is Cc1ncc(CN)c(-c2cccc(O)c2)n1. The van der Waals surface area contributed by atoms with E-state index in [-0.39, 0.29) is 5.75 Å². The van der Waals surface area contributed by atoms with Crippen LogP contribution in [0, 0.1) is 6.92 Å². The molecule has 0 saturated heterocycles. The first-order valence-corrected chi connectivity index (χ1v) is 5.02. The number of phenolic OH excluding ortho intramolecular Hbond substituents is 1. The zero-order valence-electron chi connectivity index (χ0n) is 9.01. The standard InChI is InChI=1S/C12H13N3O/c1-8-14-7-10(6-13)12(15-8)9-3-2-4-11(16)5-9/h2-5,7,16H,6,13H2,1H3. The van der Waals surface area contributed by atoms with Crippen LogP contribution in [0.1, 0.15) is 11.4 Å². The van der Waals surface area contributed by atoms with Crippen molar-refractivity contribution in [2.45, 2.75) is 13.5 Å². The number of aromatic nitrogens is 2. The van der Waals surface area contributed by atoms with E-state index in [0.717, 1.165) is 16.8 Å². The fourth-order valence-corrected chi connectivity index (χ4v) is 1.55. The molecule has 1 aromatic carbocycles. The fraction of sp³-hybridized carbons (Fsp3) is 0.167. The van der Waals surface area contributed by atoms with E-state index in [9.17, 15) is 5.11 Å². The second-order valence-electron chi connectivity index (χ2n) is 3.55. The summed E-state index contributed by atoms with van der Waals surface area (Å²) in [7, 11) is 0. The lowest BCUT2D eigenvalue weighted by atomic mass is 10.1. The predicted molar refractivity (Wildman–Crippen MR) is 61.8 cm³/mol. The van der Waals surface area contributed by atoms with Crippen molar-refractivity contribution in [3.05, 3.63) is 41.9 Å². The van der Waals surface area contributed by atoms with Crippen molar-refractivity contribution in [1.29, 1.82) is 0 Å². The number of rotatable bonds is 2. The van der Waals surface area contributed by atoms with Gasteiger partial charge < -0.3 is 10.8 Å². The van der Waals surface area contributed by atoms with Gasteiger partial charge in [-0.1, -0.05) is 12.1 Å². The minimum absolute atomic E-state index is 0.219. The Balaban J connectivity index is 2.58. The van der Waals surface area contributed by atoms with Gasteiger partial charge >= 0.3 is 0 Å². The van der Waals surface area contributed by atoms with Crippen molar-refractivity contribution in [2.75, 3.05) is 0 Å². The molecule has 3 N–H and O–H groups in total. The van der Waals surface area contributed by atoms with Gasteiger partial charge in [0, 0.05) is 23.9 Å². The van der Waals surface area contributed by atoms with Gasteiger partial charge in [0.2, 0.25) is 0 Å². The van der Waals surface area contributed by atoms with E-state index in [1.807, 2.05) is 13.0 Å². The molecule has 16 heavy (non-hydrogen) atoms. The maximum absolute atomic E-state index is 9.43. The smallest absolute Gasteiger partial charge is 0.125 e. The molecule has 2 aromatic rings. The lowest BCUT2D eigenvalue weighted by Gasteiger charge is -2.07. The van der Waals surface area contributed by atoms with Crippen LogP contribution in [-0.4, -0.2) is 15.1 Å². The van der Waals surface area contributed by atoms with E-state index in [0.29, 0.717) is 12.4 Å². The van der Waals surface area contributed by atoms with Crippen LogP contribution in [0.15, 0.2) is 30.5 Å². The van der Waals surface area contributed by atoms with Crippen LogP contribution in [0.2, 0.25) is 0 Å². The monoisotopic (exact) mass is 215 g/mol. The normalized spacial score (nSPS) is 10.4. The van der Waals surface area contributed by atoms with Gasteiger partial charge in [0.05, 0.1) is 5.69 Å². The topological polar surface area (TPSA) is 72.0 Å². The van der Waals surface area contributed by atoms with Crippen molar-refractivity contribution in [1.82, 2.24) is 9.97 Å². The summed E-state index contributed by atoms with van der Waals surface area (Å²) >= 11 is 0. The summed E-state index contributed by atoms with van der Waals surface area (Å²) < 4.78 is 0. The number of nitrogens with zero attached hydrogens (tertiary/aromatic N) is 2. The van der Waals surface area contributed by atoms with E-state index >= 15 is 0 Å². The van der Waals surface area contributed by atoms with Crippen LogP contribution in [-0.2, 0) is 6.54 Å². The molecular formula is C12H13N3O. The van der Waals surface area contributed by atoms with Gasteiger partial charge in [-0.2, -0.15) is 0 Å². The van der Waals surface area contributed by atoms with Crippen LogP contribution in [0.25, 0.3) is 11.3 Å². The molecule has 0 unspecified atom stereocenters. The molecule has 0 saturated carbocycles. The molecule has 0 spiro atoms. The molecule has 0 fully saturated rings. The molecule has 2 rings (SSSR count). The predicted octanol–water partition coefficient (Wildman–Crippen LogP) is 1.62. The summed E-state index contributed by atoms with van der Waals surface area (Å²) in [6.45, 7) is 2.21. The van der Waals surface area contributed by atoms with E-state index in [1.54, 1.807) is 24.4 Å². The van der Waals surface area contributed by atoms with Gasteiger partial charge in [0.1, 0.15) is 11.6 Å². The number of aromatic hydroxyl groups is 1. The van der Waals surface area contributed by atoms with Crippen molar-refractivity contribution in [3.63, 3.8) is 0 Å². The number of aryl methyl sites for hydroxylation is 1. The van der Waals surface area contributed by atoms with Gasteiger partial charge in [0.25, 0.3) is 0 Å². The maximum Gasteiger partial charge on any atom is 0.125 e. The highest BCUT2D eigenvalue weighted by atomic mass is 16.3. The molecule has 0 aliphatic carbocycles. The van der Waals surface area contributed by atoms with Crippen LogP contribution in [0.5, 0.6) is 5.75 Å². The number of benzene rings is 1. The highest BCUT2D eigenvalue weighted by molar-refractivity contribution is 5.64. The molecule has 0 atom stereocenters. The number of hydrogen-bond donors (Lipinski definition) is 2. The van der Waals surface area contributed by atoms with Crippen molar-refractivity contribution < 1.29 is 5.11 Å². The molecule has 0 aliphatic rings. The Morgan fingerprint density at radius 2 is 2.19 bits per heavy atom. The number of nitrogens with two attached hydrogens (primary N) is 1. The Labute approximate surface area is 93.8 Å². The lowest BCUT2D eigenvalue weighted by Crippen LogP contribution is -2.03. The Kier molecular flexibility index (Phi) is 2.83. The average molecular weight is 215 g/mol. The van der Waals surface area contributed by atoms with E-state index < -0.39 is 0 Å². The van der Waals surface area contributed by atoms with Crippen molar-refractivity contribution >= 4 is 0 Å². The minimum atomic E-state index is 0.219. The largest absolute Gasteiger partial charge is 0.508 e. The summed E-state index contributed by atoms with van der Waals surface area (Å²) in [4.78, 5) is 8.46. The summed E-state index contributed by atoms with van der Waals surface area (Å²) in [5.74, 6) is 0.910. The number of phenols is 1. The Bertz CT molecular complexity index is 511. The van der Waals surface area contributed by atoms with E-state index in [1.165, 1.54) is 0 Å². The summed E-state index contributed by atoms with van der Waals surface area (Å²) in [5.41, 5.74) is 8.14. The maximum atomic E-state index is 9.43. The third kappa shape index (κ3) is 2.01. The highest BCUT2D eigenvalue weighted by Crippen LogP contribution is 2.24. The fourth-order valence-electron chi connectivity index (χ4n) is 1.55. The van der Waals surface area contributed by atoms with Gasteiger partial charge in [-0.25, -0.2) is 9.97 Å². The average Bonchev–Trinajstić information content (AvgIpc) is 2.29. The molecule has 0 bridgehead atoms. The second kappa shape index (κ2) is 4.28. The molecule has 1 heterocycles. The zero-order valence-corrected chi connectivity index (χ0v) is 9.01. The third-order valence-corrected chi connectivity index (χ3v) is 2.32. The van der Waals surface area contributed by atoms with Gasteiger partial charge in [-0.3, -0.25) is 0 Å². The first-order chi connectivity index (χ1) is 7.70. The quantitative estimate of drug-likeness (QED) is 0.798. The van der Waals surface area contributed by atoms with Crippen molar-refractivity contribution in [2.24, 2.45) is 5.73 Å². The van der Waals surface area contributed by atoms with Crippen LogP contribution in [0.3, 0.4) is 0 Å². The highest BCUT2D eigenvalue weighted by Gasteiger charge is 2.07. The first kappa shape index (κ1) is 10.6. The van der Waals surface area contributed by atoms with E-state index in [4.69, 9.17) is 5.73 Å². The first-order valence-electron chi connectivity index (χ1n) is 5.02. The molecule has 4 nitrogen and oxygen atoms in total.